The molecule has 2 amide bonds. The van der Waals surface area contributed by atoms with Gasteiger partial charge in [0, 0.05) is 30.0 Å². The fraction of sp³-hybridized carbons (Fsp3) is 0.263. The van der Waals surface area contributed by atoms with E-state index in [0.29, 0.717) is 17.7 Å². The van der Waals surface area contributed by atoms with Gasteiger partial charge < -0.3 is 15.4 Å². The van der Waals surface area contributed by atoms with Crippen LogP contribution in [0, 0.1) is 0 Å². The predicted octanol–water partition coefficient (Wildman–Crippen LogP) is 2.85. The van der Waals surface area contributed by atoms with Gasteiger partial charge in [0.25, 0.3) is 11.8 Å². The molecule has 1 unspecified atom stereocenters. The molecule has 1 aliphatic heterocycles. The molecular formula is C19H20N2O3. The van der Waals surface area contributed by atoms with Crippen molar-refractivity contribution in [2.24, 2.45) is 0 Å². The molecule has 5 heteroatoms. The number of nitrogens with one attached hydrogen (secondary N) is 2. The Morgan fingerprint density at radius 3 is 2.25 bits per heavy atom. The molecule has 1 heterocycles. The normalized spacial score (nSPS) is 16.6. The monoisotopic (exact) mass is 324 g/mol. The molecule has 2 N–H and O–H groups in total. The molecule has 2 aromatic rings. The molecule has 5 nitrogen and oxygen atoms in total. The van der Waals surface area contributed by atoms with E-state index >= 15 is 0 Å². The summed E-state index contributed by atoms with van der Waals surface area (Å²) in [6.07, 6.45) is 2.15. The number of para-hydroxylation sites is 1. The van der Waals surface area contributed by atoms with Crippen LogP contribution in [0.15, 0.2) is 54.6 Å². The van der Waals surface area contributed by atoms with Crippen LogP contribution in [-0.4, -0.2) is 31.1 Å². The van der Waals surface area contributed by atoms with Crippen LogP contribution >= 0.6 is 0 Å². The Balaban J connectivity index is 1.56. The minimum atomic E-state index is -0.201. The minimum Gasteiger partial charge on any atom is -0.376 e. The first-order valence-electron chi connectivity index (χ1n) is 8.08. The van der Waals surface area contributed by atoms with E-state index in [-0.39, 0.29) is 17.9 Å². The van der Waals surface area contributed by atoms with Gasteiger partial charge in [-0.1, -0.05) is 18.2 Å². The van der Waals surface area contributed by atoms with Crippen molar-refractivity contribution in [3.63, 3.8) is 0 Å². The fourth-order valence-corrected chi connectivity index (χ4v) is 2.61. The van der Waals surface area contributed by atoms with Gasteiger partial charge in [-0.15, -0.1) is 0 Å². The molecule has 24 heavy (non-hydrogen) atoms. The van der Waals surface area contributed by atoms with E-state index in [9.17, 15) is 9.59 Å². The third kappa shape index (κ3) is 4.20. The first kappa shape index (κ1) is 16.2. The van der Waals surface area contributed by atoms with E-state index in [1.54, 1.807) is 24.3 Å². The summed E-state index contributed by atoms with van der Waals surface area (Å²) in [5, 5.41) is 5.68. The lowest BCUT2D eigenvalue weighted by Crippen LogP contribution is -2.31. The number of anilines is 1. The van der Waals surface area contributed by atoms with Crippen molar-refractivity contribution in [2.45, 2.75) is 18.9 Å². The van der Waals surface area contributed by atoms with Crippen LogP contribution in [0.3, 0.4) is 0 Å². The number of carbonyl (C=O) groups is 2. The van der Waals surface area contributed by atoms with Crippen LogP contribution < -0.4 is 10.6 Å². The maximum Gasteiger partial charge on any atom is 0.255 e. The zero-order valence-electron chi connectivity index (χ0n) is 13.3. The second-order valence-electron chi connectivity index (χ2n) is 5.74. The highest BCUT2D eigenvalue weighted by Gasteiger charge is 2.16. The van der Waals surface area contributed by atoms with Crippen LogP contribution in [0.1, 0.15) is 33.6 Å². The largest absolute Gasteiger partial charge is 0.376 e. The predicted molar refractivity (Wildman–Crippen MR) is 92.1 cm³/mol. The maximum atomic E-state index is 12.2. The van der Waals surface area contributed by atoms with E-state index in [1.165, 1.54) is 0 Å². The summed E-state index contributed by atoms with van der Waals surface area (Å²) in [7, 11) is 0. The molecule has 0 aromatic heterocycles. The molecule has 1 aliphatic rings. The van der Waals surface area contributed by atoms with Gasteiger partial charge >= 0.3 is 0 Å². The van der Waals surface area contributed by atoms with Gasteiger partial charge in [0.2, 0.25) is 0 Å². The van der Waals surface area contributed by atoms with E-state index < -0.39 is 0 Å². The summed E-state index contributed by atoms with van der Waals surface area (Å²) in [4.78, 5) is 24.3. The van der Waals surface area contributed by atoms with Crippen LogP contribution in [0.5, 0.6) is 0 Å². The molecule has 0 spiro atoms. The SMILES string of the molecule is O=C(NCC1CCCO1)c1ccc(C(=O)Nc2ccccc2)cc1. The molecule has 3 rings (SSSR count). The van der Waals surface area contributed by atoms with E-state index in [4.69, 9.17) is 4.74 Å². The number of carbonyl (C=O) groups excluding carboxylic acids is 2. The Bertz CT molecular complexity index is 692. The third-order valence-electron chi connectivity index (χ3n) is 3.96. The summed E-state index contributed by atoms with van der Waals surface area (Å²) in [6, 6.07) is 15.9. The van der Waals surface area contributed by atoms with Gasteiger partial charge in [0.1, 0.15) is 0 Å². The van der Waals surface area contributed by atoms with Crippen LogP contribution in [0.2, 0.25) is 0 Å². The van der Waals surface area contributed by atoms with Crippen molar-refractivity contribution in [3.05, 3.63) is 65.7 Å². The zero-order valence-corrected chi connectivity index (χ0v) is 13.3. The van der Waals surface area contributed by atoms with Gasteiger partial charge in [-0.05, 0) is 49.2 Å². The minimum absolute atomic E-state index is 0.116. The topological polar surface area (TPSA) is 67.4 Å². The van der Waals surface area contributed by atoms with E-state index in [2.05, 4.69) is 10.6 Å². The van der Waals surface area contributed by atoms with Crippen molar-refractivity contribution in [2.75, 3.05) is 18.5 Å². The maximum absolute atomic E-state index is 12.2. The third-order valence-corrected chi connectivity index (χ3v) is 3.96. The number of hydrogen-bond acceptors (Lipinski definition) is 3. The molecule has 0 saturated carbocycles. The average molecular weight is 324 g/mol. The Labute approximate surface area is 141 Å². The first-order valence-corrected chi connectivity index (χ1v) is 8.08. The summed E-state index contributed by atoms with van der Waals surface area (Å²) in [5.74, 6) is -0.354. The fourth-order valence-electron chi connectivity index (χ4n) is 2.61. The number of amides is 2. The lowest BCUT2D eigenvalue weighted by molar-refractivity contribution is 0.0857. The highest BCUT2D eigenvalue weighted by atomic mass is 16.5. The molecule has 2 aromatic carbocycles. The van der Waals surface area contributed by atoms with Crippen LogP contribution in [0.25, 0.3) is 0 Å². The summed E-state index contributed by atoms with van der Waals surface area (Å²) < 4.78 is 5.48. The molecule has 1 atom stereocenters. The van der Waals surface area contributed by atoms with Gasteiger partial charge in [-0.2, -0.15) is 0 Å². The second kappa shape index (κ2) is 7.75. The van der Waals surface area contributed by atoms with Gasteiger partial charge in [0.05, 0.1) is 6.10 Å². The standard InChI is InChI=1S/C19H20N2O3/c22-18(20-13-17-7-4-12-24-17)14-8-10-15(11-9-14)19(23)21-16-5-2-1-3-6-16/h1-3,5-6,8-11,17H,4,7,12-13H2,(H,20,22)(H,21,23). The molecule has 1 saturated heterocycles. The molecule has 124 valence electrons. The average Bonchev–Trinajstić information content (AvgIpc) is 3.14. The number of rotatable bonds is 5. The second-order valence-corrected chi connectivity index (χ2v) is 5.74. The van der Waals surface area contributed by atoms with Crippen molar-refractivity contribution in [1.82, 2.24) is 5.32 Å². The number of hydrogen-bond donors (Lipinski definition) is 2. The Kier molecular flexibility index (Phi) is 5.23. The molecule has 0 aliphatic carbocycles. The Morgan fingerprint density at radius 2 is 1.62 bits per heavy atom. The molecule has 0 radical (unpaired) electrons. The molecular weight excluding hydrogens is 304 g/mol. The lowest BCUT2D eigenvalue weighted by Gasteiger charge is -2.11. The lowest BCUT2D eigenvalue weighted by atomic mass is 10.1. The van der Waals surface area contributed by atoms with Crippen LogP contribution in [-0.2, 0) is 4.74 Å². The highest BCUT2D eigenvalue weighted by Crippen LogP contribution is 2.12. The quantitative estimate of drug-likeness (QED) is 0.889. The van der Waals surface area contributed by atoms with Gasteiger partial charge in [-0.3, -0.25) is 9.59 Å². The summed E-state index contributed by atoms with van der Waals surface area (Å²) in [6.45, 7) is 1.29. The van der Waals surface area contributed by atoms with E-state index in [0.717, 1.165) is 25.1 Å². The molecule has 0 bridgehead atoms. The molecule has 1 fully saturated rings. The van der Waals surface area contributed by atoms with Crippen molar-refractivity contribution >= 4 is 17.5 Å². The van der Waals surface area contributed by atoms with Crippen LogP contribution in [0.4, 0.5) is 5.69 Å². The smallest absolute Gasteiger partial charge is 0.255 e. The number of benzene rings is 2. The number of ether oxygens (including phenoxy) is 1. The van der Waals surface area contributed by atoms with Gasteiger partial charge in [0.15, 0.2) is 0 Å². The van der Waals surface area contributed by atoms with E-state index in [1.807, 2.05) is 30.3 Å². The summed E-state index contributed by atoms with van der Waals surface area (Å²) in [5.41, 5.74) is 1.78. The Hall–Kier alpha value is -2.66. The van der Waals surface area contributed by atoms with Crippen molar-refractivity contribution in [3.8, 4) is 0 Å². The highest BCUT2D eigenvalue weighted by molar-refractivity contribution is 6.05. The van der Waals surface area contributed by atoms with Crippen molar-refractivity contribution in [1.29, 1.82) is 0 Å². The summed E-state index contributed by atoms with van der Waals surface area (Å²) >= 11 is 0. The van der Waals surface area contributed by atoms with Crippen molar-refractivity contribution < 1.29 is 14.3 Å². The zero-order chi connectivity index (χ0) is 16.8. The first-order chi connectivity index (χ1) is 11.7. The van der Waals surface area contributed by atoms with Gasteiger partial charge in [-0.25, -0.2) is 0 Å². The Morgan fingerprint density at radius 1 is 0.958 bits per heavy atom.